The van der Waals surface area contributed by atoms with Crippen LogP contribution in [0.3, 0.4) is 0 Å². The molecule has 0 spiro atoms. The van der Waals surface area contributed by atoms with Crippen molar-refractivity contribution in [1.82, 2.24) is 14.8 Å². The van der Waals surface area contributed by atoms with Crippen LogP contribution in [-0.4, -0.2) is 68.8 Å². The van der Waals surface area contributed by atoms with E-state index in [9.17, 15) is 18.0 Å². The minimum atomic E-state index is -4.46. The molecule has 0 saturated carbocycles. The molecule has 1 aliphatic heterocycles. The van der Waals surface area contributed by atoms with Gasteiger partial charge in [-0.1, -0.05) is 0 Å². The highest BCUT2D eigenvalue weighted by molar-refractivity contribution is 5.94. The fourth-order valence-corrected chi connectivity index (χ4v) is 3.86. The van der Waals surface area contributed by atoms with Crippen LogP contribution in [0, 0.1) is 0 Å². The molecule has 0 bridgehead atoms. The van der Waals surface area contributed by atoms with Gasteiger partial charge in [0.15, 0.2) is 11.5 Å². The van der Waals surface area contributed by atoms with Crippen LogP contribution in [0.4, 0.5) is 19.0 Å². The molecule has 0 aliphatic carbocycles. The topological polar surface area (TPSA) is 58.1 Å². The number of carbonyl (C=O) groups is 1. The average molecular weight is 489 g/mol. The molecule has 2 aromatic carbocycles. The van der Waals surface area contributed by atoms with Crippen molar-refractivity contribution in [3.05, 3.63) is 59.2 Å². The van der Waals surface area contributed by atoms with Gasteiger partial charge in [0.05, 0.1) is 11.1 Å². The minimum absolute atomic E-state index is 0.152. The van der Waals surface area contributed by atoms with Gasteiger partial charge in [-0.3, -0.25) is 4.79 Å². The smallest absolute Gasteiger partial charge is 0.416 e. The van der Waals surface area contributed by atoms with Crippen LogP contribution >= 0.6 is 0 Å². The third-order valence-electron chi connectivity index (χ3n) is 5.71. The largest absolute Gasteiger partial charge is 0.454 e. The summed E-state index contributed by atoms with van der Waals surface area (Å²) < 4.78 is 49.9. The van der Waals surface area contributed by atoms with E-state index >= 15 is 0 Å². The molecule has 1 aromatic heterocycles. The Labute approximate surface area is 201 Å². The Balaban J connectivity index is 1.69. The number of anilines is 1. The molecule has 7 nitrogen and oxygen atoms in total. The van der Waals surface area contributed by atoms with Gasteiger partial charge in [-0.15, -0.1) is 0 Å². The lowest BCUT2D eigenvalue weighted by atomic mass is 10.1. The van der Waals surface area contributed by atoms with Crippen LogP contribution in [0.25, 0.3) is 10.9 Å². The van der Waals surface area contributed by atoms with E-state index in [1.807, 2.05) is 56.2 Å². The highest BCUT2D eigenvalue weighted by Gasteiger charge is 2.30. The Morgan fingerprint density at radius 3 is 2.23 bits per heavy atom. The molecule has 10 heteroatoms. The lowest BCUT2D eigenvalue weighted by molar-refractivity contribution is -0.137. The summed E-state index contributed by atoms with van der Waals surface area (Å²) in [5.74, 6) is 1.60. The monoisotopic (exact) mass is 488 g/mol. The summed E-state index contributed by atoms with van der Waals surface area (Å²) in [7, 11) is 7.53. The van der Waals surface area contributed by atoms with Gasteiger partial charge in [0.25, 0.3) is 5.91 Å². The Kier molecular flexibility index (Phi) is 6.75. The molecule has 3 aromatic rings. The van der Waals surface area contributed by atoms with Crippen molar-refractivity contribution in [3.63, 3.8) is 0 Å². The van der Waals surface area contributed by atoms with Gasteiger partial charge in [-0.25, -0.2) is 4.98 Å². The number of hydrogen-bond donors (Lipinski definition) is 0. The van der Waals surface area contributed by atoms with Crippen molar-refractivity contribution in [3.8, 4) is 11.5 Å². The quantitative estimate of drug-likeness (QED) is 0.496. The second-order valence-corrected chi connectivity index (χ2v) is 8.87. The maximum atomic E-state index is 13.4. The van der Waals surface area contributed by atoms with Gasteiger partial charge in [0.2, 0.25) is 6.79 Å². The molecule has 0 fully saturated rings. The molecule has 0 radical (unpaired) electrons. The first kappa shape index (κ1) is 24.6. The van der Waals surface area contributed by atoms with Gasteiger partial charge >= 0.3 is 6.18 Å². The number of halogens is 3. The summed E-state index contributed by atoms with van der Waals surface area (Å²) in [5, 5.41) is 0.837. The third kappa shape index (κ3) is 5.43. The third-order valence-corrected chi connectivity index (χ3v) is 5.71. The molecule has 186 valence electrons. The van der Waals surface area contributed by atoms with Crippen molar-refractivity contribution in [2.24, 2.45) is 0 Å². The lowest BCUT2D eigenvalue weighted by Crippen LogP contribution is -2.36. The molecular formula is C25H27F3N4O3. The number of aromatic nitrogens is 1. The SMILES string of the molecule is CN(C)CCN(Cc1cc2cc3c(cc2nc1N(C)C)OCO3)C(=O)c1ccc(C(F)(F)F)cc1. The first-order valence-electron chi connectivity index (χ1n) is 11.0. The number of likely N-dealkylation sites (N-methyl/N-ethyl adjacent to an activating group) is 1. The highest BCUT2D eigenvalue weighted by Crippen LogP contribution is 2.37. The summed E-state index contributed by atoms with van der Waals surface area (Å²) >= 11 is 0. The van der Waals surface area contributed by atoms with Crippen molar-refractivity contribution in [2.45, 2.75) is 12.7 Å². The number of amides is 1. The number of alkyl halides is 3. The molecule has 0 atom stereocenters. The number of fused-ring (bicyclic) bond motifs is 2. The van der Waals surface area contributed by atoms with E-state index < -0.39 is 11.7 Å². The Hall–Kier alpha value is -3.53. The summed E-state index contributed by atoms with van der Waals surface area (Å²) in [5.41, 5.74) is 0.942. The van der Waals surface area contributed by atoms with Crippen LogP contribution in [0.1, 0.15) is 21.5 Å². The molecule has 1 amide bonds. The average Bonchev–Trinajstić information content (AvgIpc) is 3.25. The first-order valence-corrected chi connectivity index (χ1v) is 11.0. The first-order chi connectivity index (χ1) is 16.5. The fourth-order valence-electron chi connectivity index (χ4n) is 3.86. The van der Waals surface area contributed by atoms with Crippen molar-refractivity contribution >= 4 is 22.6 Å². The molecule has 0 unspecified atom stereocenters. The Morgan fingerprint density at radius 2 is 1.63 bits per heavy atom. The van der Waals surface area contributed by atoms with Crippen LogP contribution in [0.15, 0.2) is 42.5 Å². The van der Waals surface area contributed by atoms with Gasteiger partial charge in [0.1, 0.15) is 5.82 Å². The zero-order chi connectivity index (χ0) is 25.3. The molecule has 1 aliphatic rings. The summed E-state index contributed by atoms with van der Waals surface area (Å²) in [4.78, 5) is 23.6. The molecule has 0 saturated heterocycles. The van der Waals surface area contributed by atoms with E-state index in [2.05, 4.69) is 0 Å². The van der Waals surface area contributed by atoms with E-state index in [-0.39, 0.29) is 24.8 Å². The highest BCUT2D eigenvalue weighted by atomic mass is 19.4. The fraction of sp³-hybridized carbons (Fsp3) is 0.360. The van der Waals surface area contributed by atoms with Crippen molar-refractivity contribution < 1.29 is 27.4 Å². The molecular weight excluding hydrogens is 461 g/mol. The maximum Gasteiger partial charge on any atom is 0.416 e. The lowest BCUT2D eigenvalue weighted by Gasteiger charge is -2.27. The number of nitrogens with zero attached hydrogens (tertiary/aromatic N) is 4. The number of hydrogen-bond acceptors (Lipinski definition) is 6. The summed E-state index contributed by atoms with van der Waals surface area (Å²) in [6, 6.07) is 9.95. The number of carbonyl (C=O) groups excluding carboxylic acids is 1. The zero-order valence-corrected chi connectivity index (χ0v) is 20.0. The van der Waals surface area contributed by atoms with E-state index in [0.717, 1.165) is 28.6 Å². The zero-order valence-electron chi connectivity index (χ0n) is 20.0. The van der Waals surface area contributed by atoms with E-state index in [0.29, 0.717) is 30.4 Å². The molecule has 35 heavy (non-hydrogen) atoms. The number of pyridine rings is 1. The molecule has 0 N–H and O–H groups in total. The second-order valence-electron chi connectivity index (χ2n) is 8.87. The van der Waals surface area contributed by atoms with E-state index in [4.69, 9.17) is 14.5 Å². The number of ether oxygens (including phenoxy) is 2. The van der Waals surface area contributed by atoms with Crippen LogP contribution in [0.5, 0.6) is 11.5 Å². The Bertz CT molecular complexity index is 1230. The van der Waals surface area contributed by atoms with Crippen molar-refractivity contribution in [2.75, 3.05) is 53.0 Å². The van der Waals surface area contributed by atoms with Crippen LogP contribution < -0.4 is 14.4 Å². The number of rotatable bonds is 7. The minimum Gasteiger partial charge on any atom is -0.454 e. The second kappa shape index (κ2) is 9.61. The van der Waals surface area contributed by atoms with Gasteiger partial charge in [-0.2, -0.15) is 13.2 Å². The molecule has 4 rings (SSSR count). The van der Waals surface area contributed by atoms with Gasteiger partial charge < -0.3 is 24.2 Å². The Morgan fingerprint density at radius 1 is 0.971 bits per heavy atom. The maximum absolute atomic E-state index is 13.4. The van der Waals surface area contributed by atoms with Crippen molar-refractivity contribution in [1.29, 1.82) is 0 Å². The van der Waals surface area contributed by atoms with E-state index in [1.165, 1.54) is 12.1 Å². The van der Waals surface area contributed by atoms with Gasteiger partial charge in [-0.05, 0) is 50.5 Å². The number of benzene rings is 2. The van der Waals surface area contributed by atoms with Gasteiger partial charge in [0, 0.05) is 56.3 Å². The van der Waals surface area contributed by atoms with Crippen LogP contribution in [-0.2, 0) is 12.7 Å². The van der Waals surface area contributed by atoms with E-state index in [1.54, 1.807) is 4.90 Å². The molecule has 2 heterocycles. The standard InChI is InChI=1S/C25H27F3N4O3/c1-30(2)9-10-32(24(33)16-5-7-19(8-6-16)25(26,27)28)14-18-11-17-12-21-22(35-15-34-21)13-20(17)29-23(18)31(3)4/h5-8,11-13H,9-10,14-15H2,1-4H3. The normalized spacial score (nSPS) is 12.9. The predicted molar refractivity (Wildman–Crippen MR) is 127 cm³/mol. The summed E-state index contributed by atoms with van der Waals surface area (Å²) in [6.07, 6.45) is -4.46. The predicted octanol–water partition coefficient (Wildman–Crippen LogP) is 4.25. The summed E-state index contributed by atoms with van der Waals surface area (Å²) in [6.45, 7) is 1.36. The van der Waals surface area contributed by atoms with Crippen LogP contribution in [0.2, 0.25) is 0 Å².